The lowest BCUT2D eigenvalue weighted by molar-refractivity contribution is -0.115. The van der Waals surface area contributed by atoms with Crippen LogP contribution in [0.25, 0.3) is 0 Å². The maximum atomic E-state index is 12.4. The molecule has 0 bridgehead atoms. The third kappa shape index (κ3) is 4.58. The minimum Gasteiger partial charge on any atom is -0.493 e. The summed E-state index contributed by atoms with van der Waals surface area (Å²) in [6.07, 6.45) is 0. The molecule has 0 radical (unpaired) electrons. The lowest BCUT2D eigenvalue weighted by atomic mass is 10.2. The molecule has 1 amide bonds. The summed E-state index contributed by atoms with van der Waals surface area (Å²) < 4.78 is 10.5. The van der Waals surface area contributed by atoms with E-state index in [1.54, 1.807) is 26.4 Å². The summed E-state index contributed by atoms with van der Waals surface area (Å²) >= 11 is 7.44. The first-order chi connectivity index (χ1) is 11.4. The van der Waals surface area contributed by atoms with E-state index in [4.69, 9.17) is 21.1 Å². The van der Waals surface area contributed by atoms with Crippen LogP contribution in [0.3, 0.4) is 0 Å². The zero-order valence-electron chi connectivity index (χ0n) is 14.1. The zero-order valence-corrected chi connectivity index (χ0v) is 15.6. The average Bonchev–Trinajstić information content (AvgIpc) is 2.57. The van der Waals surface area contributed by atoms with Gasteiger partial charge in [-0.2, -0.15) is 0 Å². The molecule has 0 saturated carbocycles. The topological polar surface area (TPSA) is 47.6 Å². The number of aryl methyl sites for hydroxylation is 1. The highest BCUT2D eigenvalue weighted by Gasteiger charge is 2.16. The number of hydrogen-bond acceptors (Lipinski definition) is 4. The SMILES string of the molecule is COc1ccc(S[C@H](C)C(=O)Nc2cc(Cl)ccc2C)cc1OC. The largest absolute Gasteiger partial charge is 0.493 e. The molecule has 0 aliphatic carbocycles. The first-order valence-electron chi connectivity index (χ1n) is 7.40. The van der Waals surface area contributed by atoms with Gasteiger partial charge in [0, 0.05) is 15.6 Å². The van der Waals surface area contributed by atoms with E-state index in [0.29, 0.717) is 16.5 Å². The normalized spacial score (nSPS) is 11.7. The van der Waals surface area contributed by atoms with Crippen molar-refractivity contribution in [3.63, 3.8) is 0 Å². The number of amides is 1. The summed E-state index contributed by atoms with van der Waals surface area (Å²) in [5, 5.41) is 3.24. The van der Waals surface area contributed by atoms with Crippen LogP contribution < -0.4 is 14.8 Å². The molecular formula is C18H20ClNO3S. The van der Waals surface area contributed by atoms with Crippen molar-refractivity contribution >= 4 is 35.0 Å². The zero-order chi connectivity index (χ0) is 17.7. The number of halogens is 1. The number of rotatable bonds is 6. The van der Waals surface area contributed by atoms with Crippen molar-refractivity contribution in [1.82, 2.24) is 0 Å². The second-order valence-corrected chi connectivity index (χ2v) is 7.08. The summed E-state index contributed by atoms with van der Waals surface area (Å²) in [4.78, 5) is 13.4. The highest BCUT2D eigenvalue weighted by molar-refractivity contribution is 8.00. The summed E-state index contributed by atoms with van der Waals surface area (Å²) in [5.74, 6) is 1.22. The first kappa shape index (κ1) is 18.5. The van der Waals surface area contributed by atoms with E-state index in [9.17, 15) is 4.79 Å². The molecule has 0 spiro atoms. The van der Waals surface area contributed by atoms with Gasteiger partial charge in [0.25, 0.3) is 0 Å². The highest BCUT2D eigenvalue weighted by atomic mass is 35.5. The molecule has 0 fully saturated rings. The number of carbonyl (C=O) groups is 1. The van der Waals surface area contributed by atoms with Gasteiger partial charge in [-0.3, -0.25) is 4.79 Å². The molecular weight excluding hydrogens is 346 g/mol. The molecule has 0 aliphatic rings. The standard InChI is InChI=1S/C18H20ClNO3S/c1-11-5-6-13(19)9-15(11)20-18(21)12(2)24-14-7-8-16(22-3)17(10-14)23-4/h5-10,12H,1-4H3,(H,20,21)/t12-/m1/s1. The lowest BCUT2D eigenvalue weighted by Gasteiger charge is -2.15. The molecule has 2 rings (SSSR count). The second kappa shape index (κ2) is 8.31. The maximum absolute atomic E-state index is 12.4. The number of hydrogen-bond donors (Lipinski definition) is 1. The van der Waals surface area contributed by atoms with Crippen LogP contribution >= 0.6 is 23.4 Å². The molecule has 2 aromatic rings. The van der Waals surface area contributed by atoms with Gasteiger partial charge in [0.2, 0.25) is 5.91 Å². The van der Waals surface area contributed by atoms with Crippen LogP contribution in [-0.4, -0.2) is 25.4 Å². The van der Waals surface area contributed by atoms with Crippen LogP contribution in [-0.2, 0) is 4.79 Å². The average molecular weight is 366 g/mol. The van der Waals surface area contributed by atoms with Gasteiger partial charge in [-0.05, 0) is 49.7 Å². The van der Waals surface area contributed by atoms with E-state index in [2.05, 4.69) is 5.32 Å². The fourth-order valence-corrected chi connectivity index (χ4v) is 3.18. The smallest absolute Gasteiger partial charge is 0.237 e. The summed E-state index contributed by atoms with van der Waals surface area (Å²) in [6, 6.07) is 11.0. The Morgan fingerprint density at radius 2 is 1.83 bits per heavy atom. The second-order valence-electron chi connectivity index (χ2n) is 5.23. The van der Waals surface area contributed by atoms with Gasteiger partial charge >= 0.3 is 0 Å². The molecule has 0 saturated heterocycles. The molecule has 0 heterocycles. The number of benzene rings is 2. The van der Waals surface area contributed by atoms with Crippen LogP contribution in [0.15, 0.2) is 41.3 Å². The van der Waals surface area contributed by atoms with Crippen LogP contribution in [0, 0.1) is 6.92 Å². The molecule has 128 valence electrons. The third-order valence-corrected chi connectivity index (χ3v) is 4.82. The molecule has 4 nitrogen and oxygen atoms in total. The van der Waals surface area contributed by atoms with Crippen molar-refractivity contribution < 1.29 is 14.3 Å². The van der Waals surface area contributed by atoms with Crippen LogP contribution in [0.2, 0.25) is 5.02 Å². The van der Waals surface area contributed by atoms with Crippen LogP contribution in [0.5, 0.6) is 11.5 Å². The van der Waals surface area contributed by atoms with E-state index >= 15 is 0 Å². The molecule has 0 aromatic heterocycles. The Bertz CT molecular complexity index is 736. The van der Waals surface area contributed by atoms with Crippen LogP contribution in [0.1, 0.15) is 12.5 Å². The summed E-state index contributed by atoms with van der Waals surface area (Å²) in [5.41, 5.74) is 1.70. The fourth-order valence-electron chi connectivity index (χ4n) is 2.11. The quantitative estimate of drug-likeness (QED) is 0.748. The first-order valence-corrected chi connectivity index (χ1v) is 8.66. The number of thioether (sulfide) groups is 1. The Balaban J connectivity index is 2.07. The summed E-state index contributed by atoms with van der Waals surface area (Å²) in [6.45, 7) is 3.79. The number of nitrogens with one attached hydrogen (secondary N) is 1. The van der Waals surface area contributed by atoms with Gasteiger partial charge < -0.3 is 14.8 Å². The fraction of sp³-hybridized carbons (Fsp3) is 0.278. The van der Waals surface area contributed by atoms with E-state index in [1.165, 1.54) is 11.8 Å². The number of methoxy groups -OCH3 is 2. The maximum Gasteiger partial charge on any atom is 0.237 e. The number of anilines is 1. The van der Waals surface area contributed by atoms with Crippen molar-refractivity contribution in [2.24, 2.45) is 0 Å². The van der Waals surface area contributed by atoms with Crippen molar-refractivity contribution in [3.05, 3.63) is 47.0 Å². The highest BCUT2D eigenvalue weighted by Crippen LogP contribution is 2.34. The van der Waals surface area contributed by atoms with E-state index in [-0.39, 0.29) is 11.2 Å². The van der Waals surface area contributed by atoms with Gasteiger partial charge in [0.05, 0.1) is 19.5 Å². The minimum atomic E-state index is -0.276. The Hall–Kier alpha value is -1.85. The molecule has 1 atom stereocenters. The summed E-state index contributed by atoms with van der Waals surface area (Å²) in [7, 11) is 3.18. The van der Waals surface area contributed by atoms with Gasteiger partial charge in [-0.25, -0.2) is 0 Å². The Labute approximate surface area is 151 Å². The van der Waals surface area contributed by atoms with Crippen molar-refractivity contribution in [3.8, 4) is 11.5 Å². The Morgan fingerprint density at radius 3 is 2.50 bits per heavy atom. The van der Waals surface area contributed by atoms with Crippen molar-refractivity contribution in [2.75, 3.05) is 19.5 Å². The minimum absolute atomic E-state index is 0.0832. The van der Waals surface area contributed by atoms with E-state index < -0.39 is 0 Å². The van der Waals surface area contributed by atoms with E-state index in [1.807, 2.05) is 38.1 Å². The van der Waals surface area contributed by atoms with Gasteiger partial charge in [0.1, 0.15) is 0 Å². The molecule has 6 heteroatoms. The molecule has 1 N–H and O–H groups in total. The lowest BCUT2D eigenvalue weighted by Crippen LogP contribution is -2.22. The van der Waals surface area contributed by atoms with Gasteiger partial charge in [-0.15, -0.1) is 11.8 Å². The molecule has 0 unspecified atom stereocenters. The number of ether oxygens (including phenoxy) is 2. The Morgan fingerprint density at radius 1 is 1.12 bits per heavy atom. The predicted molar refractivity (Wildman–Crippen MR) is 99.7 cm³/mol. The van der Waals surface area contributed by atoms with Crippen molar-refractivity contribution in [2.45, 2.75) is 24.0 Å². The molecule has 24 heavy (non-hydrogen) atoms. The third-order valence-electron chi connectivity index (χ3n) is 3.49. The Kier molecular flexibility index (Phi) is 6.40. The molecule has 0 aliphatic heterocycles. The van der Waals surface area contributed by atoms with E-state index in [0.717, 1.165) is 16.1 Å². The number of carbonyl (C=O) groups excluding carboxylic acids is 1. The monoisotopic (exact) mass is 365 g/mol. The molecule has 2 aromatic carbocycles. The van der Waals surface area contributed by atoms with Gasteiger partial charge in [-0.1, -0.05) is 17.7 Å². The van der Waals surface area contributed by atoms with Crippen molar-refractivity contribution in [1.29, 1.82) is 0 Å². The predicted octanol–water partition coefficient (Wildman–Crippen LogP) is 4.78. The van der Waals surface area contributed by atoms with Crippen LogP contribution in [0.4, 0.5) is 5.69 Å². The van der Waals surface area contributed by atoms with Gasteiger partial charge in [0.15, 0.2) is 11.5 Å².